The lowest BCUT2D eigenvalue weighted by Gasteiger charge is -2.32. The van der Waals surface area contributed by atoms with Crippen LogP contribution in [0.2, 0.25) is 0 Å². The van der Waals surface area contributed by atoms with E-state index in [4.69, 9.17) is 4.74 Å². The van der Waals surface area contributed by atoms with Gasteiger partial charge in [0.2, 0.25) is 10.0 Å². The van der Waals surface area contributed by atoms with Gasteiger partial charge in [-0.3, -0.25) is 4.79 Å². The third kappa shape index (κ3) is 4.56. The number of carbonyl (C=O) groups excluding carboxylic acids is 1. The molecule has 1 aromatic carbocycles. The van der Waals surface area contributed by atoms with E-state index in [9.17, 15) is 13.2 Å². The van der Waals surface area contributed by atoms with E-state index in [1.54, 1.807) is 17.0 Å². The van der Waals surface area contributed by atoms with Gasteiger partial charge < -0.3 is 15.0 Å². The summed E-state index contributed by atoms with van der Waals surface area (Å²) in [6.45, 7) is 2.37. The highest BCUT2D eigenvalue weighted by Gasteiger charge is 2.31. The topological polar surface area (TPSA) is 79.0 Å². The molecule has 1 aromatic rings. The van der Waals surface area contributed by atoms with Crippen molar-refractivity contribution in [1.82, 2.24) is 14.5 Å². The smallest absolute Gasteiger partial charge is 0.253 e. The van der Waals surface area contributed by atoms with Crippen LogP contribution in [0.25, 0.3) is 0 Å². The fourth-order valence-corrected chi connectivity index (χ4v) is 5.33. The van der Waals surface area contributed by atoms with Gasteiger partial charge in [-0.1, -0.05) is 0 Å². The van der Waals surface area contributed by atoms with Gasteiger partial charge in [-0.25, -0.2) is 8.42 Å². The Balaban J connectivity index is 0.00000261. The molecule has 0 aromatic heterocycles. The first-order chi connectivity index (χ1) is 12.5. The van der Waals surface area contributed by atoms with E-state index in [0.717, 1.165) is 25.7 Å². The van der Waals surface area contributed by atoms with Gasteiger partial charge in [0.05, 0.1) is 7.11 Å². The van der Waals surface area contributed by atoms with Crippen LogP contribution in [-0.4, -0.2) is 69.9 Å². The SMILES string of the molecule is CNC1CCN(C(=O)c2ccc(OC)c(S(=O)(=O)N3CCCC3)c2)CC1.Cl. The lowest BCUT2D eigenvalue weighted by molar-refractivity contribution is 0.0707. The molecular weight excluding hydrogens is 390 g/mol. The molecule has 0 saturated carbocycles. The first kappa shape index (κ1) is 21.9. The normalized spacial score (nSPS) is 19.0. The molecule has 0 bridgehead atoms. The molecule has 0 radical (unpaired) electrons. The van der Waals surface area contributed by atoms with E-state index in [2.05, 4.69) is 5.32 Å². The lowest BCUT2D eigenvalue weighted by atomic mass is 10.0. The molecule has 3 rings (SSSR count). The van der Waals surface area contributed by atoms with Gasteiger partial charge in [0.15, 0.2) is 0 Å². The quantitative estimate of drug-likeness (QED) is 0.789. The minimum atomic E-state index is -3.65. The van der Waals surface area contributed by atoms with Crippen LogP contribution in [0.3, 0.4) is 0 Å². The van der Waals surface area contributed by atoms with Crippen LogP contribution >= 0.6 is 12.4 Å². The van der Waals surface area contributed by atoms with Crippen LogP contribution in [-0.2, 0) is 10.0 Å². The van der Waals surface area contributed by atoms with Crippen molar-refractivity contribution in [1.29, 1.82) is 0 Å². The van der Waals surface area contributed by atoms with Crippen molar-refractivity contribution in [3.63, 3.8) is 0 Å². The predicted molar refractivity (Wildman–Crippen MR) is 106 cm³/mol. The number of benzene rings is 1. The van der Waals surface area contributed by atoms with Crippen molar-refractivity contribution in [2.24, 2.45) is 0 Å². The molecule has 27 heavy (non-hydrogen) atoms. The Morgan fingerprint density at radius 3 is 2.33 bits per heavy atom. The van der Waals surface area contributed by atoms with E-state index in [1.807, 2.05) is 7.05 Å². The molecule has 2 saturated heterocycles. The molecule has 9 heteroatoms. The highest BCUT2D eigenvalue weighted by Crippen LogP contribution is 2.30. The van der Waals surface area contributed by atoms with Crippen molar-refractivity contribution < 1.29 is 17.9 Å². The summed E-state index contributed by atoms with van der Waals surface area (Å²) >= 11 is 0. The van der Waals surface area contributed by atoms with Gasteiger partial charge in [0.1, 0.15) is 10.6 Å². The molecule has 2 heterocycles. The zero-order valence-corrected chi connectivity index (χ0v) is 17.4. The second kappa shape index (κ2) is 9.23. The Kier molecular flexibility index (Phi) is 7.50. The van der Waals surface area contributed by atoms with Gasteiger partial charge in [-0.15, -0.1) is 12.4 Å². The Morgan fingerprint density at radius 1 is 1.15 bits per heavy atom. The summed E-state index contributed by atoms with van der Waals surface area (Å²) < 4.78 is 32.7. The minimum Gasteiger partial charge on any atom is -0.495 e. The number of hydrogen-bond acceptors (Lipinski definition) is 5. The summed E-state index contributed by atoms with van der Waals surface area (Å²) in [5.41, 5.74) is 0.395. The Morgan fingerprint density at radius 2 is 1.78 bits per heavy atom. The zero-order valence-electron chi connectivity index (χ0n) is 15.8. The van der Waals surface area contributed by atoms with Crippen molar-refractivity contribution >= 4 is 28.3 Å². The molecule has 1 amide bonds. The number of ether oxygens (including phenoxy) is 1. The molecule has 0 unspecified atom stereocenters. The van der Waals surface area contributed by atoms with E-state index in [1.165, 1.54) is 17.5 Å². The average Bonchev–Trinajstić information content (AvgIpc) is 3.22. The second-order valence-electron chi connectivity index (χ2n) is 6.83. The number of nitrogens with zero attached hydrogens (tertiary/aromatic N) is 2. The highest BCUT2D eigenvalue weighted by atomic mass is 35.5. The summed E-state index contributed by atoms with van der Waals surface area (Å²) in [6, 6.07) is 5.13. The third-order valence-electron chi connectivity index (χ3n) is 5.28. The molecular formula is C18H28ClN3O4S. The van der Waals surface area contributed by atoms with Crippen LogP contribution in [0.5, 0.6) is 5.75 Å². The van der Waals surface area contributed by atoms with Crippen LogP contribution < -0.4 is 10.1 Å². The monoisotopic (exact) mass is 417 g/mol. The Hall–Kier alpha value is -1.35. The maximum atomic E-state index is 13.0. The van der Waals surface area contributed by atoms with Crippen molar-refractivity contribution in [3.05, 3.63) is 23.8 Å². The van der Waals surface area contributed by atoms with Crippen LogP contribution in [0.4, 0.5) is 0 Å². The number of nitrogens with one attached hydrogen (secondary N) is 1. The van der Waals surface area contributed by atoms with Gasteiger partial charge in [-0.2, -0.15) is 4.31 Å². The van der Waals surface area contributed by atoms with Gasteiger partial charge >= 0.3 is 0 Å². The van der Waals surface area contributed by atoms with E-state index in [0.29, 0.717) is 37.8 Å². The molecule has 0 spiro atoms. The number of likely N-dealkylation sites (tertiary alicyclic amines) is 1. The maximum absolute atomic E-state index is 13.0. The largest absolute Gasteiger partial charge is 0.495 e. The molecule has 2 aliphatic rings. The summed E-state index contributed by atoms with van der Waals surface area (Å²) in [6.07, 6.45) is 3.52. The number of hydrogen-bond donors (Lipinski definition) is 1. The van der Waals surface area contributed by atoms with E-state index < -0.39 is 10.0 Å². The zero-order chi connectivity index (χ0) is 18.7. The minimum absolute atomic E-state index is 0. The Bertz CT molecular complexity index is 758. The lowest BCUT2D eigenvalue weighted by Crippen LogP contribution is -2.44. The standard InChI is InChI=1S/C18H27N3O4S.ClH/c1-19-15-7-11-20(12-8-15)18(22)14-5-6-16(25-2)17(13-14)26(23,24)21-9-3-4-10-21;/h5-6,13,15,19H,3-4,7-12H2,1-2H3;1H. The van der Waals surface area contributed by atoms with Crippen LogP contribution in [0.15, 0.2) is 23.1 Å². The number of rotatable bonds is 5. The molecule has 2 fully saturated rings. The van der Waals surface area contributed by atoms with Crippen molar-refractivity contribution in [3.8, 4) is 5.75 Å². The molecule has 0 atom stereocenters. The number of piperidine rings is 1. The summed E-state index contributed by atoms with van der Waals surface area (Å²) in [5.74, 6) is 0.155. The van der Waals surface area contributed by atoms with Crippen molar-refractivity contribution in [2.75, 3.05) is 40.3 Å². The average molecular weight is 418 g/mol. The number of sulfonamides is 1. The van der Waals surface area contributed by atoms with E-state index >= 15 is 0 Å². The fourth-order valence-electron chi connectivity index (χ4n) is 3.63. The molecule has 7 nitrogen and oxygen atoms in total. The number of carbonyl (C=O) groups is 1. The van der Waals surface area contributed by atoms with Crippen LogP contribution in [0.1, 0.15) is 36.0 Å². The van der Waals surface area contributed by atoms with Gasteiger partial charge in [-0.05, 0) is 50.9 Å². The summed E-state index contributed by atoms with van der Waals surface area (Å²) in [7, 11) is -0.275. The summed E-state index contributed by atoms with van der Waals surface area (Å²) in [5, 5.41) is 3.24. The summed E-state index contributed by atoms with van der Waals surface area (Å²) in [4.78, 5) is 14.7. The van der Waals surface area contributed by atoms with Gasteiger partial charge in [0.25, 0.3) is 5.91 Å². The highest BCUT2D eigenvalue weighted by molar-refractivity contribution is 7.89. The van der Waals surface area contributed by atoms with E-state index in [-0.39, 0.29) is 29.0 Å². The predicted octanol–water partition coefficient (Wildman–Crippen LogP) is 1.73. The fraction of sp³-hybridized carbons (Fsp3) is 0.611. The first-order valence-corrected chi connectivity index (χ1v) is 10.6. The molecule has 1 N–H and O–H groups in total. The van der Waals surface area contributed by atoms with Crippen LogP contribution in [0, 0.1) is 0 Å². The molecule has 2 aliphatic heterocycles. The van der Waals surface area contributed by atoms with Crippen molar-refractivity contribution in [2.45, 2.75) is 36.6 Å². The number of amides is 1. The molecule has 0 aliphatic carbocycles. The number of methoxy groups -OCH3 is 1. The molecule has 152 valence electrons. The maximum Gasteiger partial charge on any atom is 0.253 e. The Labute approximate surface area is 167 Å². The number of halogens is 1. The third-order valence-corrected chi connectivity index (χ3v) is 7.20. The van der Waals surface area contributed by atoms with Gasteiger partial charge in [0, 0.05) is 37.8 Å². The second-order valence-corrected chi connectivity index (χ2v) is 8.74. The first-order valence-electron chi connectivity index (χ1n) is 9.12.